The largest absolute Gasteiger partial charge is 0.486 e. The molecule has 1 unspecified atom stereocenters. The predicted octanol–water partition coefficient (Wildman–Crippen LogP) is 2.80. The van der Waals surface area contributed by atoms with E-state index in [4.69, 9.17) is 10.5 Å². The molecule has 0 radical (unpaired) electrons. The van der Waals surface area contributed by atoms with Gasteiger partial charge in [0.2, 0.25) is 0 Å². The molecule has 0 aliphatic rings. The highest BCUT2D eigenvalue weighted by atomic mass is 79.9. The zero-order valence-corrected chi connectivity index (χ0v) is 10.2. The number of rotatable bonds is 4. The summed E-state index contributed by atoms with van der Waals surface area (Å²) in [5.74, 6) is 0. The molecule has 4 heteroatoms. The topological polar surface area (TPSA) is 35.2 Å². The van der Waals surface area contributed by atoms with Crippen molar-refractivity contribution in [3.05, 3.63) is 15.4 Å². The Bertz CT molecular complexity index is 273. The lowest BCUT2D eigenvalue weighted by atomic mass is 10.2. The first-order chi connectivity index (χ1) is 6.13. The van der Waals surface area contributed by atoms with Crippen molar-refractivity contribution in [2.75, 3.05) is 7.11 Å². The highest BCUT2D eigenvalue weighted by molar-refractivity contribution is 9.10. The maximum absolute atomic E-state index is 5.68. The molecule has 1 rings (SSSR count). The highest BCUT2D eigenvalue weighted by Gasteiger charge is 2.07. The fraction of sp³-hybridized carbons (Fsp3) is 0.556. The van der Waals surface area contributed by atoms with Crippen LogP contribution in [0.2, 0.25) is 0 Å². The third-order valence-electron chi connectivity index (χ3n) is 1.74. The minimum Gasteiger partial charge on any atom is -0.486 e. The van der Waals surface area contributed by atoms with Crippen LogP contribution in [0.4, 0.5) is 0 Å². The molecule has 2 nitrogen and oxygen atoms in total. The van der Waals surface area contributed by atoms with Gasteiger partial charge >= 0.3 is 0 Å². The van der Waals surface area contributed by atoms with E-state index < -0.39 is 0 Å². The number of halogens is 1. The Kier molecular flexibility index (Phi) is 4.22. The van der Waals surface area contributed by atoms with E-state index in [0.29, 0.717) is 0 Å². The Morgan fingerprint density at radius 3 is 2.85 bits per heavy atom. The van der Waals surface area contributed by atoms with E-state index in [1.165, 1.54) is 4.88 Å². The molecule has 13 heavy (non-hydrogen) atoms. The molecular formula is C9H14BrNOS. The summed E-state index contributed by atoms with van der Waals surface area (Å²) >= 11 is 5.12. The van der Waals surface area contributed by atoms with E-state index in [1.54, 1.807) is 18.4 Å². The average molecular weight is 264 g/mol. The van der Waals surface area contributed by atoms with Crippen molar-refractivity contribution in [2.45, 2.75) is 25.8 Å². The predicted molar refractivity (Wildman–Crippen MR) is 60.5 cm³/mol. The molecule has 0 fully saturated rings. The van der Waals surface area contributed by atoms with E-state index in [1.807, 2.05) is 6.92 Å². The Balaban J connectivity index is 2.57. The van der Waals surface area contributed by atoms with Crippen molar-refractivity contribution in [2.24, 2.45) is 5.73 Å². The summed E-state index contributed by atoms with van der Waals surface area (Å²) < 4.78 is 6.21. The van der Waals surface area contributed by atoms with Gasteiger partial charge in [-0.25, -0.2) is 0 Å². The quantitative estimate of drug-likeness (QED) is 0.907. The number of hydrogen-bond donors (Lipinski definition) is 1. The third kappa shape index (κ3) is 3.29. The van der Waals surface area contributed by atoms with Crippen LogP contribution < -0.4 is 10.5 Å². The minimum absolute atomic E-state index is 0.270. The highest BCUT2D eigenvalue weighted by Crippen LogP contribution is 2.35. The smallest absolute Gasteiger partial charge is 0.188 e. The number of methoxy groups -OCH3 is 1. The molecule has 1 aromatic heterocycles. The SMILES string of the molecule is COc1sc(CCC(C)N)cc1Br. The molecule has 74 valence electrons. The van der Waals surface area contributed by atoms with E-state index in [-0.39, 0.29) is 6.04 Å². The first-order valence-electron chi connectivity index (χ1n) is 4.21. The number of ether oxygens (including phenoxy) is 1. The molecule has 0 saturated heterocycles. The van der Waals surface area contributed by atoms with Gasteiger partial charge in [-0.05, 0) is 41.8 Å². The Morgan fingerprint density at radius 1 is 1.69 bits per heavy atom. The summed E-state index contributed by atoms with van der Waals surface area (Å²) in [6.45, 7) is 2.03. The lowest BCUT2D eigenvalue weighted by Crippen LogP contribution is -2.14. The van der Waals surface area contributed by atoms with Gasteiger partial charge in [-0.15, -0.1) is 11.3 Å². The van der Waals surface area contributed by atoms with Crippen molar-refractivity contribution in [3.8, 4) is 5.06 Å². The summed E-state index contributed by atoms with van der Waals surface area (Å²) in [6, 6.07) is 2.37. The van der Waals surface area contributed by atoms with Crippen molar-refractivity contribution in [1.82, 2.24) is 0 Å². The second-order valence-corrected chi connectivity index (χ2v) is 5.02. The van der Waals surface area contributed by atoms with Gasteiger partial charge in [0, 0.05) is 10.9 Å². The summed E-state index contributed by atoms with van der Waals surface area (Å²) in [4.78, 5) is 1.32. The molecule has 0 bridgehead atoms. The summed E-state index contributed by atoms with van der Waals surface area (Å²) in [7, 11) is 1.69. The van der Waals surface area contributed by atoms with Crippen molar-refractivity contribution in [3.63, 3.8) is 0 Å². The van der Waals surface area contributed by atoms with Gasteiger partial charge in [-0.2, -0.15) is 0 Å². The number of aryl methyl sites for hydroxylation is 1. The standard InChI is InChI=1S/C9H14BrNOS/c1-6(11)3-4-7-5-8(10)9(12-2)13-7/h5-6H,3-4,11H2,1-2H3. The molecule has 0 spiro atoms. The van der Waals surface area contributed by atoms with Crippen LogP contribution in [0.25, 0.3) is 0 Å². The molecule has 0 saturated carbocycles. The molecule has 2 N–H and O–H groups in total. The second kappa shape index (κ2) is 4.98. The van der Waals surface area contributed by atoms with Crippen LogP contribution in [0.15, 0.2) is 10.5 Å². The Hall–Kier alpha value is -0.0600. The molecule has 1 heterocycles. The van der Waals surface area contributed by atoms with Crippen LogP contribution in [0.1, 0.15) is 18.2 Å². The van der Waals surface area contributed by atoms with Crippen LogP contribution in [0, 0.1) is 0 Å². The fourth-order valence-electron chi connectivity index (χ4n) is 1.03. The van der Waals surface area contributed by atoms with Crippen LogP contribution in [0.3, 0.4) is 0 Å². The van der Waals surface area contributed by atoms with Crippen LogP contribution in [-0.4, -0.2) is 13.2 Å². The maximum atomic E-state index is 5.68. The summed E-state index contributed by atoms with van der Waals surface area (Å²) in [6.07, 6.45) is 2.06. The minimum atomic E-state index is 0.270. The molecule has 0 aliphatic carbocycles. The van der Waals surface area contributed by atoms with Gasteiger partial charge < -0.3 is 10.5 Å². The first-order valence-corrected chi connectivity index (χ1v) is 5.82. The lowest BCUT2D eigenvalue weighted by Gasteiger charge is -2.01. The van der Waals surface area contributed by atoms with Gasteiger partial charge in [0.1, 0.15) is 0 Å². The Morgan fingerprint density at radius 2 is 2.38 bits per heavy atom. The van der Waals surface area contributed by atoms with Crippen molar-refractivity contribution in [1.29, 1.82) is 0 Å². The average Bonchev–Trinajstić information content (AvgIpc) is 2.43. The molecule has 1 atom stereocenters. The van der Waals surface area contributed by atoms with Crippen LogP contribution in [-0.2, 0) is 6.42 Å². The van der Waals surface area contributed by atoms with Gasteiger partial charge in [0.05, 0.1) is 11.6 Å². The third-order valence-corrected chi connectivity index (χ3v) is 3.75. The molecule has 0 aromatic carbocycles. The number of thiophene rings is 1. The second-order valence-electron chi connectivity index (χ2n) is 3.07. The monoisotopic (exact) mass is 263 g/mol. The van der Waals surface area contributed by atoms with Crippen molar-refractivity contribution >= 4 is 27.3 Å². The van der Waals surface area contributed by atoms with E-state index in [9.17, 15) is 0 Å². The fourth-order valence-corrected chi connectivity index (χ4v) is 2.74. The van der Waals surface area contributed by atoms with E-state index in [0.717, 1.165) is 22.4 Å². The van der Waals surface area contributed by atoms with Gasteiger partial charge in [-0.1, -0.05) is 0 Å². The maximum Gasteiger partial charge on any atom is 0.188 e. The molecule has 0 amide bonds. The molecule has 0 aliphatic heterocycles. The van der Waals surface area contributed by atoms with Crippen molar-refractivity contribution < 1.29 is 4.74 Å². The molecular weight excluding hydrogens is 250 g/mol. The Labute approximate surface area is 91.2 Å². The zero-order valence-electron chi connectivity index (χ0n) is 7.84. The van der Waals surface area contributed by atoms with Crippen LogP contribution in [0.5, 0.6) is 5.06 Å². The van der Waals surface area contributed by atoms with E-state index in [2.05, 4.69) is 22.0 Å². The first kappa shape index (κ1) is 11.0. The molecule has 1 aromatic rings. The number of hydrogen-bond acceptors (Lipinski definition) is 3. The van der Waals surface area contributed by atoms with Gasteiger partial charge in [-0.3, -0.25) is 0 Å². The van der Waals surface area contributed by atoms with E-state index >= 15 is 0 Å². The normalized spacial score (nSPS) is 12.9. The zero-order chi connectivity index (χ0) is 9.84. The number of nitrogens with two attached hydrogens (primary N) is 1. The summed E-state index contributed by atoms with van der Waals surface area (Å²) in [5.41, 5.74) is 5.68. The lowest BCUT2D eigenvalue weighted by molar-refractivity contribution is 0.425. The summed E-state index contributed by atoms with van der Waals surface area (Å²) in [5, 5.41) is 0.944. The van der Waals surface area contributed by atoms with Gasteiger partial charge in [0.25, 0.3) is 0 Å². The van der Waals surface area contributed by atoms with Crippen LogP contribution >= 0.6 is 27.3 Å². The van der Waals surface area contributed by atoms with Gasteiger partial charge in [0.15, 0.2) is 5.06 Å².